The van der Waals surface area contributed by atoms with Gasteiger partial charge < -0.3 is 19.5 Å². The molecule has 0 spiro atoms. The molecule has 1 N–H and O–H groups in total. The van der Waals surface area contributed by atoms with Crippen molar-refractivity contribution < 1.29 is 33.4 Å². The Morgan fingerprint density at radius 3 is 2.30 bits per heavy atom. The Bertz CT molecular complexity index is 965. The molecule has 0 aliphatic carbocycles. The number of esters is 2. The summed E-state index contributed by atoms with van der Waals surface area (Å²) in [6.07, 6.45) is -0.915. The van der Waals surface area contributed by atoms with E-state index < -0.39 is 36.0 Å². The molecule has 0 bridgehead atoms. The second-order valence-electron chi connectivity index (χ2n) is 7.38. The van der Waals surface area contributed by atoms with Gasteiger partial charge in [0.05, 0.1) is 13.0 Å². The molecule has 9 heteroatoms. The second-order valence-corrected chi connectivity index (χ2v) is 7.38. The van der Waals surface area contributed by atoms with Gasteiger partial charge in [-0.25, -0.2) is 14.4 Å². The van der Waals surface area contributed by atoms with Crippen LogP contribution in [-0.4, -0.2) is 54.3 Å². The maximum atomic E-state index is 12.7. The van der Waals surface area contributed by atoms with Crippen LogP contribution in [0.4, 0.5) is 4.79 Å². The van der Waals surface area contributed by atoms with Crippen molar-refractivity contribution in [1.82, 2.24) is 10.2 Å². The highest BCUT2D eigenvalue weighted by Crippen LogP contribution is 2.17. The monoisotopic (exact) mass is 454 g/mol. The minimum Gasteiger partial charge on any atom is -0.464 e. The molecule has 2 amide bonds. The summed E-state index contributed by atoms with van der Waals surface area (Å²) in [5.41, 5.74) is 1.62. The fraction of sp³-hybridized carbons (Fsp3) is 0.333. The van der Waals surface area contributed by atoms with Crippen LogP contribution in [0.3, 0.4) is 0 Å². The SMILES string of the molecule is CCOC(=O)[C@H](Cc1ccccc1)NC(=O)C[C@H]1C(=O)OCN1C(=O)OCc1ccccc1. The normalized spacial score (nSPS) is 16.0. The Morgan fingerprint density at radius 2 is 1.67 bits per heavy atom. The van der Waals surface area contributed by atoms with Crippen molar-refractivity contribution in [2.24, 2.45) is 0 Å². The van der Waals surface area contributed by atoms with Crippen molar-refractivity contribution in [3.05, 3.63) is 71.8 Å². The molecule has 174 valence electrons. The third-order valence-electron chi connectivity index (χ3n) is 5.00. The molecule has 1 saturated heterocycles. The smallest absolute Gasteiger partial charge is 0.413 e. The van der Waals surface area contributed by atoms with Crippen molar-refractivity contribution in [3.63, 3.8) is 0 Å². The summed E-state index contributed by atoms with van der Waals surface area (Å²) in [6.45, 7) is 1.55. The van der Waals surface area contributed by atoms with E-state index in [0.717, 1.165) is 16.0 Å². The lowest BCUT2D eigenvalue weighted by molar-refractivity contribution is -0.147. The van der Waals surface area contributed by atoms with E-state index in [2.05, 4.69) is 5.32 Å². The topological polar surface area (TPSA) is 111 Å². The van der Waals surface area contributed by atoms with E-state index in [9.17, 15) is 19.2 Å². The summed E-state index contributed by atoms with van der Waals surface area (Å²) in [7, 11) is 0. The van der Waals surface area contributed by atoms with Crippen molar-refractivity contribution in [2.75, 3.05) is 13.3 Å². The molecule has 0 aromatic heterocycles. The van der Waals surface area contributed by atoms with Gasteiger partial charge in [-0.2, -0.15) is 0 Å². The summed E-state index contributed by atoms with van der Waals surface area (Å²) >= 11 is 0. The summed E-state index contributed by atoms with van der Waals surface area (Å²) in [4.78, 5) is 50.8. The van der Waals surface area contributed by atoms with Crippen molar-refractivity contribution >= 4 is 23.9 Å². The lowest BCUT2D eigenvalue weighted by Crippen LogP contribution is -2.47. The number of carbonyl (C=O) groups is 4. The zero-order valence-corrected chi connectivity index (χ0v) is 18.3. The number of nitrogens with zero attached hydrogens (tertiary/aromatic N) is 1. The van der Waals surface area contributed by atoms with Gasteiger partial charge in [-0.3, -0.25) is 9.69 Å². The maximum Gasteiger partial charge on any atom is 0.413 e. The molecule has 3 rings (SSSR count). The Kier molecular flexibility index (Phi) is 8.40. The van der Waals surface area contributed by atoms with Gasteiger partial charge in [-0.05, 0) is 18.1 Å². The van der Waals surface area contributed by atoms with Crippen LogP contribution in [0, 0.1) is 0 Å². The van der Waals surface area contributed by atoms with E-state index in [-0.39, 0.29) is 32.8 Å². The van der Waals surface area contributed by atoms with Crippen molar-refractivity contribution in [1.29, 1.82) is 0 Å². The number of hydrogen-bond acceptors (Lipinski definition) is 7. The second kappa shape index (κ2) is 11.7. The predicted octanol–water partition coefficient (Wildman–Crippen LogP) is 2.19. The number of hydrogen-bond donors (Lipinski definition) is 1. The fourth-order valence-electron chi connectivity index (χ4n) is 3.34. The number of rotatable bonds is 9. The number of cyclic esters (lactones) is 1. The standard InChI is InChI=1S/C24H26N2O7/c1-2-31-22(28)19(13-17-9-5-3-6-10-17)25-21(27)14-20-23(29)33-16-26(20)24(30)32-15-18-11-7-4-8-12-18/h3-12,19-20H,2,13-16H2,1H3,(H,25,27)/t19-,20-/m0/s1. The first-order valence-electron chi connectivity index (χ1n) is 10.6. The fourth-order valence-corrected chi connectivity index (χ4v) is 3.34. The number of nitrogens with one attached hydrogen (secondary N) is 1. The van der Waals surface area contributed by atoms with Crippen molar-refractivity contribution in [3.8, 4) is 0 Å². The molecule has 1 fully saturated rings. The van der Waals surface area contributed by atoms with E-state index in [1.54, 1.807) is 19.1 Å². The highest BCUT2D eigenvalue weighted by Gasteiger charge is 2.40. The van der Waals surface area contributed by atoms with Gasteiger partial charge in [0.2, 0.25) is 5.91 Å². The molecule has 1 aliphatic rings. The maximum absolute atomic E-state index is 12.7. The zero-order valence-electron chi connectivity index (χ0n) is 18.3. The summed E-state index contributed by atoms with van der Waals surface area (Å²) in [5, 5.41) is 2.61. The third kappa shape index (κ3) is 6.80. The van der Waals surface area contributed by atoms with E-state index >= 15 is 0 Å². The molecule has 0 radical (unpaired) electrons. The quantitative estimate of drug-likeness (QED) is 0.457. The third-order valence-corrected chi connectivity index (χ3v) is 5.00. The predicted molar refractivity (Wildman–Crippen MR) is 117 cm³/mol. The lowest BCUT2D eigenvalue weighted by atomic mass is 10.1. The molecule has 2 aromatic carbocycles. The van der Waals surface area contributed by atoms with Gasteiger partial charge in [0, 0.05) is 6.42 Å². The van der Waals surface area contributed by atoms with Gasteiger partial charge in [0.25, 0.3) is 0 Å². The Balaban J connectivity index is 1.61. The minimum absolute atomic E-state index is 0.0191. The molecular weight excluding hydrogens is 428 g/mol. The molecule has 9 nitrogen and oxygen atoms in total. The van der Waals surface area contributed by atoms with E-state index in [4.69, 9.17) is 14.2 Å². The minimum atomic E-state index is -1.15. The Morgan fingerprint density at radius 1 is 1.03 bits per heavy atom. The van der Waals surface area contributed by atoms with Crippen LogP contribution in [0.25, 0.3) is 0 Å². The highest BCUT2D eigenvalue weighted by atomic mass is 16.6. The lowest BCUT2D eigenvalue weighted by Gasteiger charge is -2.21. The summed E-state index contributed by atoms with van der Waals surface area (Å²) in [6, 6.07) is 16.1. The van der Waals surface area contributed by atoms with Crippen LogP contribution in [0.1, 0.15) is 24.5 Å². The van der Waals surface area contributed by atoms with Crippen LogP contribution in [-0.2, 0) is 41.6 Å². The summed E-state index contributed by atoms with van der Waals surface area (Å²) in [5.74, 6) is -1.88. The average Bonchev–Trinajstić information content (AvgIpc) is 3.18. The van der Waals surface area contributed by atoms with Gasteiger partial charge >= 0.3 is 18.0 Å². The molecule has 1 heterocycles. The average molecular weight is 454 g/mol. The molecule has 2 atom stereocenters. The van der Waals surface area contributed by atoms with Crippen LogP contribution in [0.5, 0.6) is 0 Å². The zero-order chi connectivity index (χ0) is 23.6. The number of carbonyl (C=O) groups excluding carboxylic acids is 4. The number of benzene rings is 2. The molecule has 1 aliphatic heterocycles. The Hall–Kier alpha value is -3.88. The highest BCUT2D eigenvalue weighted by molar-refractivity contribution is 5.91. The summed E-state index contributed by atoms with van der Waals surface area (Å²) < 4.78 is 15.3. The van der Waals surface area contributed by atoms with Gasteiger partial charge in [0.1, 0.15) is 18.7 Å². The molecule has 2 aromatic rings. The van der Waals surface area contributed by atoms with Crippen LogP contribution in [0.15, 0.2) is 60.7 Å². The number of amides is 2. The Labute approximate surface area is 191 Å². The van der Waals surface area contributed by atoms with E-state index in [1.165, 1.54) is 0 Å². The van der Waals surface area contributed by atoms with Gasteiger partial charge in [-0.1, -0.05) is 60.7 Å². The van der Waals surface area contributed by atoms with E-state index in [0.29, 0.717) is 0 Å². The van der Waals surface area contributed by atoms with Gasteiger partial charge in [-0.15, -0.1) is 0 Å². The molecular formula is C24H26N2O7. The number of ether oxygens (including phenoxy) is 3. The van der Waals surface area contributed by atoms with Crippen LogP contribution >= 0.6 is 0 Å². The first kappa shape index (κ1) is 23.8. The van der Waals surface area contributed by atoms with E-state index in [1.807, 2.05) is 48.5 Å². The largest absolute Gasteiger partial charge is 0.464 e. The van der Waals surface area contributed by atoms with Crippen LogP contribution in [0.2, 0.25) is 0 Å². The molecule has 0 unspecified atom stereocenters. The van der Waals surface area contributed by atoms with Crippen LogP contribution < -0.4 is 5.32 Å². The first-order valence-corrected chi connectivity index (χ1v) is 10.6. The van der Waals surface area contributed by atoms with Crippen molar-refractivity contribution in [2.45, 2.75) is 38.5 Å². The molecule has 33 heavy (non-hydrogen) atoms. The molecule has 0 saturated carbocycles. The van der Waals surface area contributed by atoms with Gasteiger partial charge in [0.15, 0.2) is 6.73 Å². The first-order chi connectivity index (χ1) is 16.0.